The van der Waals surface area contributed by atoms with Gasteiger partial charge in [-0.1, -0.05) is 28.1 Å². The number of nitrogens with two attached hydrogens (primary N) is 1. The van der Waals surface area contributed by atoms with Crippen molar-refractivity contribution in [3.05, 3.63) is 57.1 Å². The van der Waals surface area contributed by atoms with E-state index in [1.165, 1.54) is 7.11 Å². The van der Waals surface area contributed by atoms with Gasteiger partial charge in [0.05, 0.1) is 18.1 Å². The maximum atomic E-state index is 12.5. The third-order valence-electron chi connectivity index (χ3n) is 3.55. The maximum absolute atomic E-state index is 12.5. The molecule has 1 aliphatic heterocycles. The molecule has 0 saturated heterocycles. The number of ether oxygens (including phenoxy) is 3. The fourth-order valence-corrected chi connectivity index (χ4v) is 2.69. The van der Waals surface area contributed by atoms with Gasteiger partial charge in [-0.3, -0.25) is 0 Å². The van der Waals surface area contributed by atoms with Crippen LogP contribution in [-0.2, 0) is 19.0 Å². The second-order valence-corrected chi connectivity index (χ2v) is 5.99. The third kappa shape index (κ3) is 3.78. The summed E-state index contributed by atoms with van der Waals surface area (Å²) < 4.78 is 16.4. The highest BCUT2D eigenvalue weighted by Crippen LogP contribution is 2.39. The van der Waals surface area contributed by atoms with E-state index < -0.39 is 11.9 Å². The zero-order chi connectivity index (χ0) is 17.7. The summed E-state index contributed by atoms with van der Waals surface area (Å²) in [5, 5.41) is 9.48. The summed E-state index contributed by atoms with van der Waals surface area (Å²) in [6, 6.07) is 9.35. The van der Waals surface area contributed by atoms with Crippen molar-refractivity contribution in [2.24, 2.45) is 5.73 Å². The lowest BCUT2D eigenvalue weighted by Crippen LogP contribution is -2.26. The summed E-state index contributed by atoms with van der Waals surface area (Å²) in [4.78, 5) is 12.5. The van der Waals surface area contributed by atoms with Crippen molar-refractivity contribution in [1.82, 2.24) is 0 Å². The quantitative estimate of drug-likeness (QED) is 0.611. The predicted octanol–water partition coefficient (Wildman–Crippen LogP) is 2.72. The molecular formula is C17H17BrN2O4. The molecule has 0 bridgehead atoms. The van der Waals surface area contributed by atoms with Crippen LogP contribution < -0.4 is 5.73 Å². The second-order valence-electron chi connectivity index (χ2n) is 5.07. The van der Waals surface area contributed by atoms with E-state index in [0.29, 0.717) is 5.76 Å². The average molecular weight is 393 g/mol. The van der Waals surface area contributed by atoms with Crippen molar-refractivity contribution < 1.29 is 19.0 Å². The Labute approximate surface area is 148 Å². The zero-order valence-corrected chi connectivity index (χ0v) is 14.9. The Morgan fingerprint density at radius 1 is 1.38 bits per heavy atom. The largest absolute Gasteiger partial charge is 0.460 e. The monoisotopic (exact) mass is 392 g/mol. The lowest BCUT2D eigenvalue weighted by Gasteiger charge is -2.26. The van der Waals surface area contributed by atoms with Gasteiger partial charge in [0, 0.05) is 11.6 Å². The lowest BCUT2D eigenvalue weighted by molar-refractivity contribution is -0.140. The molecular weight excluding hydrogens is 376 g/mol. The van der Waals surface area contributed by atoms with E-state index in [-0.39, 0.29) is 30.2 Å². The van der Waals surface area contributed by atoms with Gasteiger partial charge < -0.3 is 19.9 Å². The van der Waals surface area contributed by atoms with Crippen molar-refractivity contribution in [3.8, 4) is 6.07 Å². The topological polar surface area (TPSA) is 94.6 Å². The molecule has 6 nitrogen and oxygen atoms in total. The Morgan fingerprint density at radius 2 is 2.04 bits per heavy atom. The number of hydrogen-bond donors (Lipinski definition) is 1. The van der Waals surface area contributed by atoms with Gasteiger partial charge in [0.1, 0.15) is 24.0 Å². The Hall–Kier alpha value is -2.30. The molecule has 7 heteroatoms. The molecule has 1 aliphatic rings. The fraction of sp³-hybridized carbons (Fsp3) is 0.294. The van der Waals surface area contributed by atoms with Crippen LogP contribution in [0.5, 0.6) is 0 Å². The van der Waals surface area contributed by atoms with E-state index in [9.17, 15) is 10.1 Å². The zero-order valence-electron chi connectivity index (χ0n) is 13.3. The van der Waals surface area contributed by atoms with Crippen molar-refractivity contribution in [2.75, 3.05) is 20.3 Å². The number of nitriles is 1. The molecule has 1 unspecified atom stereocenters. The van der Waals surface area contributed by atoms with Crippen LogP contribution in [0.3, 0.4) is 0 Å². The van der Waals surface area contributed by atoms with Gasteiger partial charge in [-0.15, -0.1) is 0 Å². The molecule has 0 fully saturated rings. The first-order valence-electron chi connectivity index (χ1n) is 7.19. The summed E-state index contributed by atoms with van der Waals surface area (Å²) in [5.41, 5.74) is 7.04. The van der Waals surface area contributed by atoms with Crippen LogP contribution in [-0.4, -0.2) is 26.3 Å². The van der Waals surface area contributed by atoms with Gasteiger partial charge in [-0.2, -0.15) is 5.26 Å². The second kappa shape index (κ2) is 7.99. The van der Waals surface area contributed by atoms with E-state index in [4.69, 9.17) is 19.9 Å². The van der Waals surface area contributed by atoms with Gasteiger partial charge in [0.2, 0.25) is 5.88 Å². The molecule has 0 saturated carbocycles. The van der Waals surface area contributed by atoms with E-state index in [2.05, 4.69) is 15.9 Å². The SMILES string of the molecule is COCCOC(=O)C1=C(C)OC(N)=C(C#N)C1c1ccc(Br)cc1. The minimum atomic E-state index is -0.633. The first-order chi connectivity index (χ1) is 11.5. The minimum absolute atomic E-state index is 0.00337. The van der Waals surface area contributed by atoms with Crippen LogP contribution in [0.2, 0.25) is 0 Å². The highest BCUT2D eigenvalue weighted by atomic mass is 79.9. The molecule has 1 heterocycles. The Kier molecular flexibility index (Phi) is 6.01. The highest BCUT2D eigenvalue weighted by molar-refractivity contribution is 9.10. The van der Waals surface area contributed by atoms with Crippen molar-refractivity contribution >= 4 is 21.9 Å². The molecule has 24 heavy (non-hydrogen) atoms. The summed E-state index contributed by atoms with van der Waals surface area (Å²) >= 11 is 3.37. The van der Waals surface area contributed by atoms with Crippen LogP contribution >= 0.6 is 15.9 Å². The van der Waals surface area contributed by atoms with Crippen molar-refractivity contribution in [1.29, 1.82) is 5.26 Å². The fourth-order valence-electron chi connectivity index (χ4n) is 2.43. The number of hydrogen-bond acceptors (Lipinski definition) is 6. The smallest absolute Gasteiger partial charge is 0.338 e. The first kappa shape index (κ1) is 18.0. The van der Waals surface area contributed by atoms with E-state index in [0.717, 1.165) is 10.0 Å². The number of esters is 1. The van der Waals surface area contributed by atoms with Gasteiger partial charge in [-0.25, -0.2) is 4.79 Å². The highest BCUT2D eigenvalue weighted by Gasteiger charge is 2.36. The predicted molar refractivity (Wildman–Crippen MR) is 90.3 cm³/mol. The summed E-state index contributed by atoms with van der Waals surface area (Å²) in [7, 11) is 1.52. The number of benzene rings is 1. The van der Waals surface area contributed by atoms with Gasteiger partial charge in [0.15, 0.2) is 0 Å². The number of rotatable bonds is 5. The summed E-state index contributed by atoms with van der Waals surface area (Å²) in [5.74, 6) is -0.872. The first-order valence-corrected chi connectivity index (χ1v) is 7.98. The van der Waals surface area contributed by atoms with Crippen LogP contribution in [0.15, 0.2) is 51.5 Å². The molecule has 0 radical (unpaired) electrons. The molecule has 1 aromatic carbocycles. The van der Waals surface area contributed by atoms with Gasteiger partial charge >= 0.3 is 5.97 Å². The van der Waals surface area contributed by atoms with Crippen molar-refractivity contribution in [3.63, 3.8) is 0 Å². The molecule has 0 aliphatic carbocycles. The Morgan fingerprint density at radius 3 is 2.62 bits per heavy atom. The molecule has 0 spiro atoms. The van der Waals surface area contributed by atoms with Crippen LogP contribution in [0.4, 0.5) is 0 Å². The standard InChI is InChI=1S/C17H17BrN2O4/c1-10-14(17(21)23-8-7-22-2)15(13(9-19)16(20)24-10)11-3-5-12(18)6-4-11/h3-6,15H,7-8,20H2,1-2H3. The molecule has 1 atom stereocenters. The number of methoxy groups -OCH3 is 1. The van der Waals surface area contributed by atoms with Crippen molar-refractivity contribution in [2.45, 2.75) is 12.8 Å². The van der Waals surface area contributed by atoms with E-state index in [1.54, 1.807) is 6.92 Å². The van der Waals surface area contributed by atoms with Crippen LogP contribution in [0.25, 0.3) is 0 Å². The maximum Gasteiger partial charge on any atom is 0.338 e. The van der Waals surface area contributed by atoms with E-state index in [1.807, 2.05) is 30.3 Å². The van der Waals surface area contributed by atoms with E-state index >= 15 is 0 Å². The lowest BCUT2D eigenvalue weighted by atomic mass is 9.83. The summed E-state index contributed by atoms with van der Waals surface area (Å²) in [6.45, 7) is 2.02. The minimum Gasteiger partial charge on any atom is -0.460 e. The number of nitrogens with zero attached hydrogens (tertiary/aromatic N) is 1. The average Bonchev–Trinajstić information content (AvgIpc) is 2.55. The Bertz CT molecular complexity index is 732. The molecule has 0 aromatic heterocycles. The Balaban J connectivity index is 2.45. The van der Waals surface area contributed by atoms with Crippen LogP contribution in [0.1, 0.15) is 18.4 Å². The third-order valence-corrected chi connectivity index (χ3v) is 4.08. The van der Waals surface area contributed by atoms with Crippen LogP contribution in [0, 0.1) is 11.3 Å². The number of carbonyl (C=O) groups excluding carboxylic acids is 1. The van der Waals surface area contributed by atoms with Gasteiger partial charge in [-0.05, 0) is 24.6 Å². The number of allylic oxidation sites excluding steroid dienone is 2. The molecule has 126 valence electrons. The molecule has 2 rings (SSSR count). The normalized spacial score (nSPS) is 17.3. The summed E-state index contributed by atoms with van der Waals surface area (Å²) in [6.07, 6.45) is 0. The number of halogens is 1. The molecule has 0 amide bonds. The molecule has 1 aromatic rings. The number of carbonyl (C=O) groups is 1. The van der Waals surface area contributed by atoms with Gasteiger partial charge in [0.25, 0.3) is 0 Å². The molecule has 2 N–H and O–H groups in total.